The molecule has 0 saturated carbocycles. The van der Waals surface area contributed by atoms with Crippen molar-refractivity contribution < 1.29 is 14.3 Å². The first-order valence-electron chi connectivity index (χ1n) is 6.87. The molecule has 0 atom stereocenters. The molecule has 0 radical (unpaired) electrons. The molecule has 0 N–H and O–H groups in total. The van der Waals surface area contributed by atoms with Crippen molar-refractivity contribution >= 4 is 35.1 Å². The van der Waals surface area contributed by atoms with E-state index in [1.165, 1.54) is 11.8 Å². The summed E-state index contributed by atoms with van der Waals surface area (Å²) < 4.78 is 4.06. The third-order valence-electron chi connectivity index (χ3n) is 3.99. The average Bonchev–Trinajstić information content (AvgIpc) is 2.49. The van der Waals surface area contributed by atoms with E-state index in [2.05, 4.69) is 13.2 Å². The predicted octanol–water partition coefficient (Wildman–Crippen LogP) is 4.20. The van der Waals surface area contributed by atoms with E-state index in [0.29, 0.717) is 35.1 Å². The van der Waals surface area contributed by atoms with Gasteiger partial charge < -0.3 is 4.74 Å². The lowest BCUT2D eigenvalue weighted by Gasteiger charge is -2.37. The number of ether oxygens (including phenoxy) is 1. The topological polar surface area (TPSA) is 43.4 Å². The molecule has 0 bridgehead atoms. The number of carbonyl (C=O) groups excluding carboxylic acids is 2. The fourth-order valence-electron chi connectivity index (χ4n) is 2.86. The van der Waals surface area contributed by atoms with Crippen molar-refractivity contribution in [1.82, 2.24) is 0 Å². The number of ketones is 1. The number of esters is 1. The van der Waals surface area contributed by atoms with Crippen molar-refractivity contribution in [2.24, 2.45) is 0 Å². The summed E-state index contributed by atoms with van der Waals surface area (Å²) in [5.74, 6) is -0.487. The molecule has 0 heterocycles. The van der Waals surface area contributed by atoms with Gasteiger partial charge in [0.2, 0.25) is 0 Å². The minimum absolute atomic E-state index is 0.0434. The van der Waals surface area contributed by atoms with Gasteiger partial charge in [-0.3, -0.25) is 4.79 Å². The molecule has 0 aromatic heterocycles. The largest absolute Gasteiger partial charge is 0.448 e. The van der Waals surface area contributed by atoms with E-state index < -0.39 is 10.7 Å². The van der Waals surface area contributed by atoms with Crippen LogP contribution in [0.1, 0.15) is 26.7 Å². The second kappa shape index (κ2) is 7.84. The van der Waals surface area contributed by atoms with Crippen LogP contribution in [0.5, 0.6) is 0 Å². The lowest BCUT2D eigenvalue weighted by molar-refractivity contribution is -0.142. The molecule has 3 nitrogen and oxygen atoms in total. The van der Waals surface area contributed by atoms with Crippen molar-refractivity contribution in [3.8, 4) is 0 Å². The zero-order chi connectivity index (χ0) is 16.9. The van der Waals surface area contributed by atoms with Crippen LogP contribution in [-0.2, 0) is 14.3 Å². The van der Waals surface area contributed by atoms with Gasteiger partial charge in [0.05, 0.1) is 0 Å². The van der Waals surface area contributed by atoms with Crippen LogP contribution in [0.4, 0.5) is 0 Å². The van der Waals surface area contributed by atoms with Gasteiger partial charge in [-0.05, 0) is 44.1 Å². The summed E-state index contributed by atoms with van der Waals surface area (Å²) in [4.78, 5) is 25.3. The van der Waals surface area contributed by atoms with Crippen LogP contribution in [0.15, 0.2) is 47.6 Å². The third-order valence-corrected chi connectivity index (χ3v) is 5.49. The van der Waals surface area contributed by atoms with Crippen LogP contribution >= 0.6 is 23.4 Å². The van der Waals surface area contributed by atoms with Crippen LogP contribution in [0.3, 0.4) is 0 Å². The summed E-state index contributed by atoms with van der Waals surface area (Å²) in [5, 5.41) is 0. The minimum Gasteiger partial charge on any atom is -0.448 e. The molecule has 22 heavy (non-hydrogen) atoms. The fraction of sp³-hybridized carbons (Fsp3) is 0.412. The molecule has 0 aromatic rings. The van der Waals surface area contributed by atoms with Gasteiger partial charge in [0.15, 0.2) is 16.6 Å². The summed E-state index contributed by atoms with van der Waals surface area (Å²) >= 11 is 6.92. The number of alkyl halides is 1. The molecule has 1 aliphatic rings. The number of hydrogen-bond acceptors (Lipinski definition) is 4. The Morgan fingerprint density at radius 3 is 2.00 bits per heavy atom. The van der Waals surface area contributed by atoms with E-state index in [9.17, 15) is 9.59 Å². The molecule has 0 fully saturated rings. The standard InChI is InChI=1S/C17H21ClO3S/c1-6-8-13-11(3)17(22-5,16(20)21-10-18)12(4)14(9-7-2)15(13)19/h6-7H,1-2,8-10H2,3-5H3. The van der Waals surface area contributed by atoms with Gasteiger partial charge in [-0.25, -0.2) is 4.79 Å². The van der Waals surface area contributed by atoms with E-state index in [1.54, 1.807) is 26.0 Å². The monoisotopic (exact) mass is 340 g/mol. The molecule has 1 rings (SSSR count). The first-order valence-corrected chi connectivity index (χ1v) is 8.63. The molecule has 0 unspecified atom stereocenters. The van der Waals surface area contributed by atoms with Crippen molar-refractivity contribution in [3.05, 3.63) is 47.6 Å². The van der Waals surface area contributed by atoms with E-state index >= 15 is 0 Å². The first kappa shape index (κ1) is 18.8. The molecule has 0 saturated heterocycles. The molecule has 0 aromatic carbocycles. The molecular formula is C17H21ClO3S. The van der Waals surface area contributed by atoms with Crippen LogP contribution in [0.2, 0.25) is 0 Å². The van der Waals surface area contributed by atoms with Crippen molar-refractivity contribution in [3.63, 3.8) is 0 Å². The minimum atomic E-state index is -1.01. The predicted molar refractivity (Wildman–Crippen MR) is 93.1 cm³/mol. The Hall–Kier alpha value is -1.26. The molecule has 0 aliphatic heterocycles. The van der Waals surface area contributed by atoms with Crippen molar-refractivity contribution in [2.75, 3.05) is 12.3 Å². The SMILES string of the molecule is C=CCC1=C(C)C(SC)(C(=O)OCCl)C(C)=C(CC=C)C1=O. The smallest absolute Gasteiger partial charge is 0.331 e. The Labute approximate surface area is 141 Å². The van der Waals surface area contributed by atoms with Crippen LogP contribution in [-0.4, -0.2) is 28.8 Å². The van der Waals surface area contributed by atoms with Crippen LogP contribution in [0, 0.1) is 0 Å². The Morgan fingerprint density at radius 2 is 1.68 bits per heavy atom. The molecule has 1 aliphatic carbocycles. The quantitative estimate of drug-likeness (QED) is 0.396. The third kappa shape index (κ3) is 2.95. The maximum Gasteiger partial charge on any atom is 0.331 e. The van der Waals surface area contributed by atoms with Crippen molar-refractivity contribution in [2.45, 2.75) is 31.4 Å². The van der Waals surface area contributed by atoms with Gasteiger partial charge in [0.25, 0.3) is 0 Å². The summed E-state index contributed by atoms with van der Waals surface area (Å²) in [6.07, 6.45) is 5.99. The number of carbonyl (C=O) groups is 2. The zero-order valence-corrected chi connectivity index (χ0v) is 14.8. The molecule has 120 valence electrons. The molecule has 0 amide bonds. The van der Waals surface area contributed by atoms with E-state index in [4.69, 9.17) is 16.3 Å². The lowest BCUT2D eigenvalue weighted by atomic mass is 9.75. The lowest BCUT2D eigenvalue weighted by Crippen LogP contribution is -2.44. The summed E-state index contributed by atoms with van der Waals surface area (Å²) in [5.41, 5.74) is 2.59. The molecule has 0 spiro atoms. The molecular weight excluding hydrogens is 320 g/mol. The van der Waals surface area contributed by atoms with Gasteiger partial charge in [-0.15, -0.1) is 24.9 Å². The van der Waals surface area contributed by atoms with Gasteiger partial charge in [-0.2, -0.15) is 0 Å². The number of hydrogen-bond donors (Lipinski definition) is 0. The Bertz CT molecular complexity index is 536. The average molecular weight is 341 g/mol. The van der Waals surface area contributed by atoms with Crippen molar-refractivity contribution in [1.29, 1.82) is 0 Å². The Kier molecular flexibility index (Phi) is 6.69. The summed E-state index contributed by atoms with van der Waals surface area (Å²) in [7, 11) is 0. The fourth-order valence-corrected chi connectivity index (χ4v) is 4.04. The maximum atomic E-state index is 12.7. The van der Waals surface area contributed by atoms with Crippen LogP contribution in [0.25, 0.3) is 0 Å². The van der Waals surface area contributed by atoms with Gasteiger partial charge in [0, 0.05) is 11.1 Å². The normalized spacial score (nSPS) is 17.5. The molecule has 5 heteroatoms. The number of Topliss-reactive ketones (excluding diaryl/α,β-unsaturated/α-hetero) is 1. The first-order chi connectivity index (χ1) is 10.4. The van der Waals surface area contributed by atoms with E-state index in [0.717, 1.165) is 0 Å². The van der Waals surface area contributed by atoms with E-state index in [-0.39, 0.29) is 11.8 Å². The summed E-state index contributed by atoms with van der Waals surface area (Å²) in [6.45, 7) is 11.0. The zero-order valence-electron chi connectivity index (χ0n) is 13.2. The summed E-state index contributed by atoms with van der Waals surface area (Å²) in [6, 6.07) is -0.219. The highest BCUT2D eigenvalue weighted by Crippen LogP contribution is 2.47. The number of halogens is 1. The van der Waals surface area contributed by atoms with E-state index in [1.807, 2.05) is 6.26 Å². The second-order valence-corrected chi connectivity index (χ2v) is 6.19. The maximum absolute atomic E-state index is 12.7. The Balaban J connectivity index is 3.65. The Morgan fingerprint density at radius 1 is 1.23 bits per heavy atom. The highest BCUT2D eigenvalue weighted by molar-refractivity contribution is 8.01. The number of rotatable bonds is 7. The van der Waals surface area contributed by atoms with Gasteiger partial charge in [-0.1, -0.05) is 23.8 Å². The second-order valence-electron chi connectivity index (χ2n) is 4.95. The van der Waals surface area contributed by atoms with Gasteiger partial charge >= 0.3 is 5.97 Å². The highest BCUT2D eigenvalue weighted by atomic mass is 35.5. The van der Waals surface area contributed by atoms with Crippen LogP contribution < -0.4 is 0 Å². The highest BCUT2D eigenvalue weighted by Gasteiger charge is 2.49. The number of allylic oxidation sites excluding steroid dienone is 4. The number of thioether (sulfide) groups is 1. The van der Waals surface area contributed by atoms with Gasteiger partial charge in [0.1, 0.15) is 0 Å².